The first kappa shape index (κ1) is 27.3. The third-order valence-electron chi connectivity index (χ3n) is 6.02. The Balaban J connectivity index is 1.45. The lowest BCUT2D eigenvalue weighted by atomic mass is 10.1. The second kappa shape index (κ2) is 11.8. The lowest BCUT2D eigenvalue weighted by Crippen LogP contribution is -2.20. The number of hydrogen-bond acceptors (Lipinski definition) is 9. The number of nitrogens with one attached hydrogen (secondary N) is 2. The Kier molecular flexibility index (Phi) is 7.89. The fraction of sp³-hybridized carbons (Fsp3) is 0.207. The van der Waals surface area contributed by atoms with Crippen molar-refractivity contribution in [3.63, 3.8) is 0 Å². The number of fused-ring (bicyclic) bond motifs is 2. The number of halogens is 1. The minimum absolute atomic E-state index is 0.191. The number of anilines is 3. The molecule has 0 spiro atoms. The van der Waals surface area contributed by atoms with Gasteiger partial charge < -0.3 is 25.0 Å². The molecule has 0 fully saturated rings. The Hall–Kier alpha value is -5.28. The van der Waals surface area contributed by atoms with Gasteiger partial charge in [-0.1, -0.05) is 5.92 Å². The first-order valence-electron chi connectivity index (χ1n) is 12.6. The Labute approximate surface area is 235 Å². The van der Waals surface area contributed by atoms with E-state index in [1.165, 1.54) is 18.7 Å². The van der Waals surface area contributed by atoms with E-state index in [2.05, 4.69) is 42.5 Å². The van der Waals surface area contributed by atoms with E-state index in [0.717, 1.165) is 0 Å². The number of nitrogens with zero attached hydrogens (tertiary/aromatic N) is 6. The zero-order valence-electron chi connectivity index (χ0n) is 22.9. The first-order valence-corrected chi connectivity index (χ1v) is 12.6. The molecule has 0 aliphatic heterocycles. The summed E-state index contributed by atoms with van der Waals surface area (Å²) in [5, 5.41) is 10.4. The molecule has 0 aliphatic rings. The van der Waals surface area contributed by atoms with Crippen LogP contribution in [0.25, 0.3) is 16.6 Å². The van der Waals surface area contributed by atoms with E-state index < -0.39 is 11.7 Å². The van der Waals surface area contributed by atoms with Gasteiger partial charge in [0.1, 0.15) is 48.1 Å². The van der Waals surface area contributed by atoms with Crippen LogP contribution in [0, 0.1) is 24.6 Å². The van der Waals surface area contributed by atoms with E-state index in [-0.39, 0.29) is 5.69 Å². The van der Waals surface area contributed by atoms with Gasteiger partial charge in [0.25, 0.3) is 5.91 Å². The van der Waals surface area contributed by atoms with Crippen molar-refractivity contribution in [1.82, 2.24) is 29.5 Å². The average molecular weight is 555 g/mol. The zero-order chi connectivity index (χ0) is 28.9. The average Bonchev–Trinajstić information content (AvgIpc) is 3.40. The highest BCUT2D eigenvalue weighted by atomic mass is 19.1. The van der Waals surface area contributed by atoms with Crippen LogP contribution in [0.5, 0.6) is 17.2 Å². The fourth-order valence-electron chi connectivity index (χ4n) is 3.99. The molecule has 5 aromatic rings. The van der Waals surface area contributed by atoms with Crippen molar-refractivity contribution in [3.8, 4) is 29.1 Å². The highest BCUT2D eigenvalue weighted by molar-refractivity contribution is 6.06. The number of pyridine rings is 1. The van der Waals surface area contributed by atoms with Crippen LogP contribution in [0.1, 0.15) is 12.5 Å². The summed E-state index contributed by atoms with van der Waals surface area (Å²) >= 11 is 0. The molecule has 3 heterocycles. The van der Waals surface area contributed by atoms with Crippen molar-refractivity contribution < 1.29 is 18.7 Å². The van der Waals surface area contributed by atoms with Crippen LogP contribution < -0.4 is 20.1 Å². The summed E-state index contributed by atoms with van der Waals surface area (Å²) in [5.41, 5.74) is 2.43. The van der Waals surface area contributed by atoms with E-state index in [9.17, 15) is 4.79 Å². The number of hydrogen-bond donors (Lipinski definition) is 2. The van der Waals surface area contributed by atoms with Gasteiger partial charge in [-0.05, 0) is 57.6 Å². The van der Waals surface area contributed by atoms with E-state index >= 15 is 4.39 Å². The van der Waals surface area contributed by atoms with Crippen molar-refractivity contribution in [2.45, 2.75) is 13.8 Å². The molecular formula is C29H27FN8O3. The van der Waals surface area contributed by atoms with Gasteiger partial charge in [0.05, 0.1) is 16.9 Å². The van der Waals surface area contributed by atoms with Crippen LogP contribution in [-0.2, 0) is 4.79 Å². The smallest absolute Gasteiger partial charge is 0.300 e. The molecule has 3 aromatic heterocycles. The third-order valence-corrected chi connectivity index (χ3v) is 6.02. The molecule has 0 aliphatic carbocycles. The van der Waals surface area contributed by atoms with Crippen molar-refractivity contribution in [3.05, 3.63) is 66.6 Å². The number of ether oxygens (including phenoxy) is 2. The minimum Gasteiger partial charge on any atom is -0.490 e. The summed E-state index contributed by atoms with van der Waals surface area (Å²) in [7, 11) is 3.87. The molecule has 0 bridgehead atoms. The van der Waals surface area contributed by atoms with Crippen molar-refractivity contribution in [2.24, 2.45) is 0 Å². The fourth-order valence-corrected chi connectivity index (χ4v) is 3.99. The number of carbonyl (C=O) groups excluding carboxylic acids is 1. The predicted molar refractivity (Wildman–Crippen MR) is 153 cm³/mol. The van der Waals surface area contributed by atoms with Crippen LogP contribution in [0.2, 0.25) is 0 Å². The van der Waals surface area contributed by atoms with Gasteiger partial charge >= 0.3 is 0 Å². The normalized spacial score (nSPS) is 10.9. The van der Waals surface area contributed by atoms with Crippen LogP contribution in [0.4, 0.5) is 21.6 Å². The maximum absolute atomic E-state index is 15.3. The summed E-state index contributed by atoms with van der Waals surface area (Å²) in [6.45, 7) is 4.45. The van der Waals surface area contributed by atoms with Gasteiger partial charge in [-0.25, -0.2) is 23.9 Å². The van der Waals surface area contributed by atoms with Crippen LogP contribution in [0.15, 0.2) is 55.2 Å². The quantitative estimate of drug-likeness (QED) is 0.253. The maximum atomic E-state index is 15.3. The monoisotopic (exact) mass is 554 g/mol. The number of aromatic nitrogens is 5. The number of likely N-dealkylation sites (N-methyl/N-ethyl adjacent to an activating group) is 1. The standard InChI is InChI=1S/C29H27FN8O3/c1-5-6-28(39)35-24-13-20-22(15-26(24)40-10-9-37(3)4)31-16-33-29(20)36-23-11-18(2)25(14-21(23)30)41-19-7-8-38-27(12-19)32-17-34-38/h7-8,11-17H,9-10H2,1-4H3,(H,35,39)(H,31,33,36). The molecule has 11 nitrogen and oxygen atoms in total. The molecule has 0 saturated carbocycles. The van der Waals surface area contributed by atoms with E-state index in [1.54, 1.807) is 48.0 Å². The highest BCUT2D eigenvalue weighted by Gasteiger charge is 2.16. The summed E-state index contributed by atoms with van der Waals surface area (Å²) in [5.74, 6) is 5.64. The highest BCUT2D eigenvalue weighted by Crippen LogP contribution is 2.35. The van der Waals surface area contributed by atoms with Crippen molar-refractivity contribution in [1.29, 1.82) is 0 Å². The second-order valence-electron chi connectivity index (χ2n) is 9.32. The lowest BCUT2D eigenvalue weighted by Gasteiger charge is -2.16. The summed E-state index contributed by atoms with van der Waals surface area (Å²) in [6, 6.07) is 9.76. The van der Waals surface area contributed by atoms with Gasteiger partial charge in [-0.15, -0.1) is 0 Å². The van der Waals surface area contributed by atoms with Gasteiger partial charge in [-0.3, -0.25) is 4.79 Å². The molecule has 0 unspecified atom stereocenters. The number of aryl methyl sites for hydroxylation is 1. The van der Waals surface area contributed by atoms with E-state index in [0.29, 0.717) is 64.0 Å². The number of benzene rings is 2. The van der Waals surface area contributed by atoms with Crippen LogP contribution >= 0.6 is 0 Å². The lowest BCUT2D eigenvalue weighted by molar-refractivity contribution is -0.111. The molecule has 12 heteroatoms. The van der Waals surface area contributed by atoms with Gasteiger partial charge in [0.15, 0.2) is 5.65 Å². The number of rotatable bonds is 9. The Morgan fingerprint density at radius 3 is 2.73 bits per heavy atom. The third kappa shape index (κ3) is 6.32. The molecule has 2 aromatic carbocycles. The second-order valence-corrected chi connectivity index (χ2v) is 9.32. The van der Waals surface area contributed by atoms with Gasteiger partial charge in [0.2, 0.25) is 0 Å². The summed E-state index contributed by atoms with van der Waals surface area (Å²) in [4.78, 5) is 27.1. The topological polar surface area (TPSA) is 119 Å². The van der Waals surface area contributed by atoms with Gasteiger partial charge in [0, 0.05) is 36.3 Å². The molecule has 5 rings (SSSR count). The first-order chi connectivity index (χ1) is 19.8. The van der Waals surface area contributed by atoms with E-state index in [4.69, 9.17) is 9.47 Å². The molecule has 2 N–H and O–H groups in total. The molecule has 0 saturated heterocycles. The van der Waals surface area contributed by atoms with Crippen molar-refractivity contribution >= 4 is 39.6 Å². The van der Waals surface area contributed by atoms with E-state index in [1.807, 2.05) is 25.9 Å². The van der Waals surface area contributed by atoms with Crippen LogP contribution in [0.3, 0.4) is 0 Å². The molecule has 0 atom stereocenters. The van der Waals surface area contributed by atoms with Crippen molar-refractivity contribution in [2.75, 3.05) is 37.9 Å². The molecule has 208 valence electrons. The summed E-state index contributed by atoms with van der Waals surface area (Å²) in [6.07, 6.45) is 4.53. The van der Waals surface area contributed by atoms with Gasteiger partial charge in [-0.2, -0.15) is 5.10 Å². The molecule has 1 amide bonds. The SMILES string of the molecule is CC#CC(=O)Nc1cc2c(Nc3cc(C)c(Oc4ccn5ncnc5c4)cc3F)ncnc2cc1OCCN(C)C. The Bertz CT molecular complexity index is 1810. The number of amides is 1. The van der Waals surface area contributed by atoms with Crippen LogP contribution in [-0.4, -0.2) is 62.6 Å². The predicted octanol–water partition coefficient (Wildman–Crippen LogP) is 4.56. The molecule has 0 radical (unpaired) electrons. The summed E-state index contributed by atoms with van der Waals surface area (Å²) < 4.78 is 28.8. The Morgan fingerprint density at radius 1 is 1.07 bits per heavy atom. The maximum Gasteiger partial charge on any atom is 0.300 e. The molecular weight excluding hydrogens is 527 g/mol. The Morgan fingerprint density at radius 2 is 1.93 bits per heavy atom. The number of carbonyl (C=O) groups is 1. The minimum atomic E-state index is -0.545. The molecule has 41 heavy (non-hydrogen) atoms. The largest absolute Gasteiger partial charge is 0.490 e. The zero-order valence-corrected chi connectivity index (χ0v) is 22.9.